The molecule has 0 atom stereocenters. The van der Waals surface area contributed by atoms with Crippen LogP contribution in [-0.4, -0.2) is 17.5 Å². The number of aliphatic hydroxyl groups excluding tert-OH is 1. The Morgan fingerprint density at radius 1 is 1.04 bits per heavy atom. The summed E-state index contributed by atoms with van der Waals surface area (Å²) in [7, 11) is 0. The highest BCUT2D eigenvalue weighted by Crippen LogP contribution is 2.24. The molecule has 0 aliphatic carbocycles. The van der Waals surface area contributed by atoms with E-state index < -0.39 is 0 Å². The fraction of sp³-hybridized carbons (Fsp3) is 0.227. The van der Waals surface area contributed by atoms with E-state index in [4.69, 9.17) is 4.74 Å². The molecule has 0 aromatic heterocycles. The van der Waals surface area contributed by atoms with Crippen LogP contribution in [-0.2, 0) is 5.41 Å². The first-order chi connectivity index (χ1) is 11.8. The number of aliphatic hydroxyl groups is 1. The lowest BCUT2D eigenvalue weighted by Gasteiger charge is -2.19. The SMILES string of the molecule is C=CCOc1ccc(C(=O)/C=C(\O)c2ccc(C(C)(C)C)cc2)cc1. The van der Waals surface area contributed by atoms with Gasteiger partial charge < -0.3 is 9.84 Å². The van der Waals surface area contributed by atoms with Gasteiger partial charge in [0.15, 0.2) is 5.78 Å². The lowest BCUT2D eigenvalue weighted by molar-refractivity contribution is 0.104. The lowest BCUT2D eigenvalue weighted by Crippen LogP contribution is -2.10. The summed E-state index contributed by atoms with van der Waals surface area (Å²) in [5.74, 6) is 0.368. The summed E-state index contributed by atoms with van der Waals surface area (Å²) in [4.78, 5) is 12.3. The van der Waals surface area contributed by atoms with Crippen LogP contribution in [0.4, 0.5) is 0 Å². The highest BCUT2D eigenvalue weighted by Gasteiger charge is 2.13. The minimum absolute atomic E-state index is 0.0440. The molecule has 0 aliphatic heterocycles. The topological polar surface area (TPSA) is 46.5 Å². The van der Waals surface area contributed by atoms with Crippen LogP contribution in [0.1, 0.15) is 42.3 Å². The molecule has 0 bridgehead atoms. The fourth-order valence-corrected chi connectivity index (χ4v) is 2.30. The summed E-state index contributed by atoms with van der Waals surface area (Å²) < 4.78 is 5.38. The monoisotopic (exact) mass is 336 g/mol. The maximum absolute atomic E-state index is 12.3. The first kappa shape index (κ1) is 18.5. The second kappa shape index (κ2) is 7.84. The first-order valence-electron chi connectivity index (χ1n) is 8.21. The lowest BCUT2D eigenvalue weighted by atomic mass is 9.86. The number of carbonyl (C=O) groups excluding carboxylic acids is 1. The Kier molecular flexibility index (Phi) is 5.81. The number of hydrogen-bond acceptors (Lipinski definition) is 3. The van der Waals surface area contributed by atoms with Crippen LogP contribution in [0.2, 0.25) is 0 Å². The van der Waals surface area contributed by atoms with Crippen molar-refractivity contribution in [2.45, 2.75) is 26.2 Å². The van der Waals surface area contributed by atoms with Gasteiger partial charge in [-0.25, -0.2) is 0 Å². The van der Waals surface area contributed by atoms with Crippen molar-refractivity contribution in [2.75, 3.05) is 6.61 Å². The van der Waals surface area contributed by atoms with E-state index in [-0.39, 0.29) is 17.0 Å². The molecule has 0 aliphatic rings. The number of carbonyl (C=O) groups is 1. The molecule has 0 amide bonds. The molecule has 0 radical (unpaired) electrons. The van der Waals surface area contributed by atoms with Crippen molar-refractivity contribution >= 4 is 11.5 Å². The van der Waals surface area contributed by atoms with Crippen molar-refractivity contribution in [3.05, 3.63) is 84.0 Å². The summed E-state index contributed by atoms with van der Waals surface area (Å²) in [6.07, 6.45) is 2.90. The van der Waals surface area contributed by atoms with Crippen LogP contribution < -0.4 is 4.74 Å². The molecule has 2 aromatic rings. The second-order valence-electron chi connectivity index (χ2n) is 6.85. The van der Waals surface area contributed by atoms with E-state index in [9.17, 15) is 9.90 Å². The number of rotatable bonds is 6. The third-order valence-electron chi connectivity index (χ3n) is 3.82. The largest absolute Gasteiger partial charge is 0.507 e. The second-order valence-corrected chi connectivity index (χ2v) is 6.85. The van der Waals surface area contributed by atoms with Crippen LogP contribution in [0.5, 0.6) is 5.75 Å². The predicted molar refractivity (Wildman–Crippen MR) is 102 cm³/mol. The van der Waals surface area contributed by atoms with Crippen LogP contribution in [0.25, 0.3) is 5.76 Å². The van der Waals surface area contributed by atoms with Gasteiger partial charge in [-0.05, 0) is 35.2 Å². The zero-order chi connectivity index (χ0) is 18.4. The third kappa shape index (κ3) is 5.08. The van der Waals surface area contributed by atoms with Crippen molar-refractivity contribution < 1.29 is 14.6 Å². The highest BCUT2D eigenvalue weighted by molar-refractivity contribution is 6.07. The van der Waals surface area contributed by atoms with Gasteiger partial charge in [-0.2, -0.15) is 0 Å². The van der Waals surface area contributed by atoms with E-state index in [2.05, 4.69) is 27.4 Å². The molecule has 2 rings (SSSR count). The van der Waals surface area contributed by atoms with E-state index in [1.54, 1.807) is 30.3 Å². The van der Waals surface area contributed by atoms with Gasteiger partial charge in [-0.15, -0.1) is 0 Å². The average molecular weight is 336 g/mol. The van der Waals surface area contributed by atoms with E-state index >= 15 is 0 Å². The Morgan fingerprint density at radius 3 is 2.12 bits per heavy atom. The standard InChI is InChI=1S/C22H24O3/c1-5-14-25-19-12-8-17(9-13-19)21(24)15-20(23)16-6-10-18(11-7-16)22(2,3)4/h5-13,15,23H,1,14H2,2-4H3/b20-15-. The van der Waals surface area contributed by atoms with Gasteiger partial charge in [0.05, 0.1) is 0 Å². The number of benzene rings is 2. The molecule has 3 heteroatoms. The van der Waals surface area contributed by atoms with Crippen molar-refractivity contribution in [3.63, 3.8) is 0 Å². The van der Waals surface area contributed by atoms with Gasteiger partial charge in [-0.1, -0.05) is 57.7 Å². The van der Waals surface area contributed by atoms with Crippen LogP contribution >= 0.6 is 0 Å². The molecular weight excluding hydrogens is 312 g/mol. The van der Waals surface area contributed by atoms with Gasteiger partial charge in [0, 0.05) is 17.2 Å². The smallest absolute Gasteiger partial charge is 0.189 e. The Balaban J connectivity index is 2.13. The fourth-order valence-electron chi connectivity index (χ4n) is 2.30. The van der Waals surface area contributed by atoms with E-state index in [1.807, 2.05) is 24.3 Å². The molecule has 0 saturated heterocycles. The molecular formula is C22H24O3. The minimum Gasteiger partial charge on any atom is -0.507 e. The molecule has 1 N–H and O–H groups in total. The average Bonchev–Trinajstić information content (AvgIpc) is 2.59. The minimum atomic E-state index is -0.257. The van der Waals surface area contributed by atoms with Gasteiger partial charge >= 0.3 is 0 Å². The molecule has 0 heterocycles. The van der Waals surface area contributed by atoms with Gasteiger partial charge in [0.2, 0.25) is 0 Å². The molecule has 0 fully saturated rings. The van der Waals surface area contributed by atoms with Crippen LogP contribution in [0.3, 0.4) is 0 Å². The Morgan fingerprint density at radius 2 is 1.60 bits per heavy atom. The van der Waals surface area contributed by atoms with Crippen molar-refractivity contribution in [2.24, 2.45) is 0 Å². The summed E-state index contributed by atoms with van der Waals surface area (Å²) in [5, 5.41) is 10.2. The number of ether oxygens (including phenoxy) is 1. The van der Waals surface area contributed by atoms with E-state index in [0.29, 0.717) is 23.5 Å². The van der Waals surface area contributed by atoms with E-state index in [0.717, 1.165) is 0 Å². The quantitative estimate of drug-likeness (QED) is 0.336. The molecule has 130 valence electrons. The Hall–Kier alpha value is -2.81. The summed E-state index contributed by atoms with van der Waals surface area (Å²) >= 11 is 0. The number of allylic oxidation sites excluding steroid dienone is 1. The molecule has 0 unspecified atom stereocenters. The van der Waals surface area contributed by atoms with Crippen molar-refractivity contribution in [1.29, 1.82) is 0 Å². The first-order valence-corrected chi connectivity index (χ1v) is 8.21. The van der Waals surface area contributed by atoms with Crippen molar-refractivity contribution in [3.8, 4) is 5.75 Å². The van der Waals surface area contributed by atoms with Crippen molar-refractivity contribution in [1.82, 2.24) is 0 Å². The Labute approximate surface area is 149 Å². The zero-order valence-corrected chi connectivity index (χ0v) is 15.0. The van der Waals surface area contributed by atoms with Gasteiger partial charge in [0.25, 0.3) is 0 Å². The Bertz CT molecular complexity index is 760. The summed E-state index contributed by atoms with van der Waals surface area (Å²) in [6.45, 7) is 10.4. The molecule has 0 saturated carbocycles. The van der Waals surface area contributed by atoms with Gasteiger partial charge in [-0.3, -0.25) is 4.79 Å². The highest BCUT2D eigenvalue weighted by atomic mass is 16.5. The van der Waals surface area contributed by atoms with Gasteiger partial charge in [0.1, 0.15) is 18.1 Å². The third-order valence-corrected chi connectivity index (χ3v) is 3.82. The zero-order valence-electron chi connectivity index (χ0n) is 15.0. The van der Waals surface area contributed by atoms with Crippen LogP contribution in [0, 0.1) is 0 Å². The molecule has 2 aromatic carbocycles. The maximum Gasteiger partial charge on any atom is 0.189 e. The molecule has 3 nitrogen and oxygen atoms in total. The number of hydrogen-bond donors (Lipinski definition) is 1. The van der Waals surface area contributed by atoms with Crippen LogP contribution in [0.15, 0.2) is 67.3 Å². The molecule has 0 spiro atoms. The predicted octanol–water partition coefficient (Wildman–Crippen LogP) is 5.33. The summed E-state index contributed by atoms with van der Waals surface area (Å²) in [6, 6.07) is 14.4. The molecule has 25 heavy (non-hydrogen) atoms. The summed E-state index contributed by atoms with van der Waals surface area (Å²) in [5.41, 5.74) is 2.32. The van der Waals surface area contributed by atoms with E-state index in [1.165, 1.54) is 11.6 Å². The maximum atomic E-state index is 12.3. The normalized spacial score (nSPS) is 11.9. The number of ketones is 1.